The van der Waals surface area contributed by atoms with Crippen LogP contribution in [0.1, 0.15) is 32.6 Å². The molecule has 168 valence electrons. The van der Waals surface area contributed by atoms with Crippen LogP contribution in [0.5, 0.6) is 0 Å². The highest BCUT2D eigenvalue weighted by molar-refractivity contribution is 14.0. The first-order chi connectivity index (χ1) is 14.0. The predicted molar refractivity (Wildman–Crippen MR) is 137 cm³/mol. The third-order valence-corrected chi connectivity index (χ3v) is 7.02. The van der Waals surface area contributed by atoms with Gasteiger partial charge in [-0.1, -0.05) is 18.2 Å². The summed E-state index contributed by atoms with van der Waals surface area (Å²) in [6, 6.07) is 11.1. The number of halogens is 1. The summed E-state index contributed by atoms with van der Waals surface area (Å²) in [5.74, 6) is 1.10. The number of piperidine rings is 1. The minimum atomic E-state index is 0. The van der Waals surface area contributed by atoms with Crippen molar-refractivity contribution in [2.75, 3.05) is 46.8 Å². The van der Waals surface area contributed by atoms with E-state index in [4.69, 9.17) is 4.99 Å². The summed E-state index contributed by atoms with van der Waals surface area (Å²) in [5.41, 5.74) is 0. The normalized spacial score (nSPS) is 19.0. The van der Waals surface area contributed by atoms with Gasteiger partial charge in [-0.2, -0.15) is 0 Å². The number of hydrogen-bond acceptors (Lipinski definition) is 4. The number of likely N-dealkylation sites (tertiary alicyclic amines) is 1. The molecule has 1 amide bonds. The number of nitrogens with one attached hydrogen (secondary N) is 2. The zero-order valence-electron chi connectivity index (χ0n) is 18.4. The summed E-state index contributed by atoms with van der Waals surface area (Å²) in [7, 11) is 3.64. The Balaban J connectivity index is 0.00000320. The van der Waals surface area contributed by atoms with Crippen LogP contribution in [0.4, 0.5) is 0 Å². The van der Waals surface area contributed by atoms with E-state index in [0.717, 1.165) is 45.0 Å². The molecule has 1 aromatic rings. The zero-order chi connectivity index (χ0) is 20.7. The minimum absolute atomic E-state index is 0. The Morgan fingerprint density at radius 2 is 1.90 bits per heavy atom. The molecule has 1 saturated heterocycles. The Hall–Kier alpha value is -1.00. The second-order valence-corrected chi connectivity index (χ2v) is 9.82. The highest BCUT2D eigenvalue weighted by atomic mass is 127. The highest BCUT2D eigenvalue weighted by Crippen LogP contribution is 2.51. The molecular formula is C22H36IN5OS. The van der Waals surface area contributed by atoms with E-state index >= 15 is 0 Å². The molecule has 1 heterocycles. The standard InChI is InChI=1S/C22H35N5OS.HI/c1-4-23-21(24-17-22(12-13-22)29-19-8-6-5-7-9-19)25-18-10-14-27(15-11-18)16-20(28)26(2)3;/h5-9,18H,4,10-17H2,1-3H3,(H2,23,24,25);1H. The van der Waals surface area contributed by atoms with Crippen molar-refractivity contribution in [3.63, 3.8) is 0 Å². The van der Waals surface area contributed by atoms with E-state index in [0.29, 0.717) is 12.6 Å². The molecule has 6 nitrogen and oxygen atoms in total. The molecule has 2 N–H and O–H groups in total. The molecule has 0 bridgehead atoms. The zero-order valence-corrected chi connectivity index (χ0v) is 21.5. The van der Waals surface area contributed by atoms with Gasteiger partial charge >= 0.3 is 0 Å². The van der Waals surface area contributed by atoms with Gasteiger partial charge in [0.1, 0.15) is 0 Å². The number of hydrogen-bond donors (Lipinski definition) is 2. The molecule has 1 aliphatic carbocycles. The van der Waals surface area contributed by atoms with Crippen LogP contribution in [0.25, 0.3) is 0 Å². The van der Waals surface area contributed by atoms with Crippen molar-refractivity contribution in [1.82, 2.24) is 20.4 Å². The second-order valence-electron chi connectivity index (χ2n) is 8.28. The van der Waals surface area contributed by atoms with Crippen molar-refractivity contribution in [3.8, 4) is 0 Å². The quantitative estimate of drug-likeness (QED) is 0.299. The fourth-order valence-electron chi connectivity index (χ4n) is 3.48. The van der Waals surface area contributed by atoms with Crippen LogP contribution >= 0.6 is 35.7 Å². The number of nitrogens with zero attached hydrogens (tertiary/aromatic N) is 3. The average Bonchev–Trinajstić information content (AvgIpc) is 3.48. The number of amides is 1. The van der Waals surface area contributed by atoms with Crippen molar-refractivity contribution >= 4 is 47.6 Å². The Bertz CT molecular complexity index is 688. The number of rotatable bonds is 8. The van der Waals surface area contributed by atoms with Crippen LogP contribution in [0.15, 0.2) is 40.2 Å². The minimum Gasteiger partial charge on any atom is -0.357 e. The summed E-state index contributed by atoms with van der Waals surface area (Å²) < 4.78 is 0.264. The number of carbonyl (C=O) groups excluding carboxylic acids is 1. The summed E-state index contributed by atoms with van der Waals surface area (Å²) >= 11 is 1.97. The van der Waals surface area contributed by atoms with Gasteiger partial charge < -0.3 is 15.5 Å². The van der Waals surface area contributed by atoms with E-state index in [9.17, 15) is 4.79 Å². The molecule has 0 aromatic heterocycles. The molecule has 1 aliphatic heterocycles. The number of thioether (sulfide) groups is 1. The van der Waals surface area contributed by atoms with Crippen LogP contribution in [-0.4, -0.2) is 79.3 Å². The van der Waals surface area contributed by atoms with Gasteiger partial charge in [-0.05, 0) is 44.7 Å². The number of aliphatic imine (C=N–C) groups is 1. The SMILES string of the molecule is CCNC(=NCC1(Sc2ccccc2)CC1)NC1CCN(CC(=O)N(C)C)CC1.I. The number of likely N-dealkylation sites (N-methyl/N-ethyl adjacent to an activating group) is 1. The molecule has 0 unspecified atom stereocenters. The maximum atomic E-state index is 11.9. The molecule has 1 aromatic carbocycles. The first-order valence-corrected chi connectivity index (χ1v) is 11.5. The fraction of sp³-hybridized carbons (Fsp3) is 0.636. The van der Waals surface area contributed by atoms with Gasteiger partial charge in [0.05, 0.1) is 13.1 Å². The summed E-state index contributed by atoms with van der Waals surface area (Å²) in [6.45, 7) is 6.24. The van der Waals surface area contributed by atoms with Crippen molar-refractivity contribution < 1.29 is 4.79 Å². The molecule has 0 radical (unpaired) electrons. The maximum Gasteiger partial charge on any atom is 0.236 e. The van der Waals surface area contributed by atoms with Gasteiger partial charge in [0.25, 0.3) is 0 Å². The van der Waals surface area contributed by atoms with E-state index in [1.807, 2.05) is 25.9 Å². The van der Waals surface area contributed by atoms with E-state index in [1.54, 1.807) is 4.90 Å². The van der Waals surface area contributed by atoms with E-state index < -0.39 is 0 Å². The van der Waals surface area contributed by atoms with Crippen molar-refractivity contribution in [2.24, 2.45) is 4.99 Å². The molecule has 2 aliphatic rings. The van der Waals surface area contributed by atoms with Gasteiger partial charge in [0.2, 0.25) is 5.91 Å². The number of benzene rings is 1. The fourth-order valence-corrected chi connectivity index (χ4v) is 4.70. The van der Waals surface area contributed by atoms with Crippen LogP contribution in [0.3, 0.4) is 0 Å². The van der Waals surface area contributed by atoms with E-state index in [2.05, 4.69) is 52.8 Å². The Labute approximate surface area is 202 Å². The lowest BCUT2D eigenvalue weighted by atomic mass is 10.1. The lowest BCUT2D eigenvalue weighted by Gasteiger charge is -2.33. The van der Waals surface area contributed by atoms with Crippen molar-refractivity contribution in [2.45, 2.75) is 48.3 Å². The highest BCUT2D eigenvalue weighted by Gasteiger charge is 2.43. The maximum absolute atomic E-state index is 11.9. The Morgan fingerprint density at radius 1 is 1.23 bits per heavy atom. The average molecular weight is 546 g/mol. The van der Waals surface area contributed by atoms with E-state index in [-0.39, 0.29) is 34.6 Å². The molecule has 1 saturated carbocycles. The van der Waals surface area contributed by atoms with Gasteiger partial charge in [-0.15, -0.1) is 35.7 Å². The van der Waals surface area contributed by atoms with Crippen molar-refractivity contribution in [1.29, 1.82) is 0 Å². The lowest BCUT2D eigenvalue weighted by Crippen LogP contribution is -2.50. The van der Waals surface area contributed by atoms with Gasteiger partial charge in [-0.3, -0.25) is 14.7 Å². The van der Waals surface area contributed by atoms with Crippen molar-refractivity contribution in [3.05, 3.63) is 30.3 Å². The molecule has 0 spiro atoms. The molecule has 0 atom stereocenters. The third-order valence-electron chi connectivity index (χ3n) is 5.54. The van der Waals surface area contributed by atoms with E-state index in [1.165, 1.54) is 17.7 Å². The molecule has 3 rings (SSSR count). The molecule has 8 heteroatoms. The van der Waals surface area contributed by atoms with Crippen LogP contribution < -0.4 is 10.6 Å². The van der Waals surface area contributed by atoms with Crippen LogP contribution in [-0.2, 0) is 4.79 Å². The number of guanidine groups is 1. The van der Waals surface area contributed by atoms with Crippen LogP contribution in [0, 0.1) is 0 Å². The topological polar surface area (TPSA) is 60.0 Å². The largest absolute Gasteiger partial charge is 0.357 e. The summed E-state index contributed by atoms with van der Waals surface area (Å²) in [5, 5.41) is 7.03. The second kappa shape index (κ2) is 12.1. The lowest BCUT2D eigenvalue weighted by molar-refractivity contribution is -0.130. The first-order valence-electron chi connectivity index (χ1n) is 10.7. The Kier molecular flexibility index (Phi) is 10.2. The van der Waals surface area contributed by atoms with Gasteiger partial charge in [-0.25, -0.2) is 0 Å². The molecule has 2 fully saturated rings. The number of carbonyl (C=O) groups is 1. The first kappa shape index (κ1) is 25.3. The monoisotopic (exact) mass is 545 g/mol. The summed E-state index contributed by atoms with van der Waals surface area (Å²) in [6.07, 6.45) is 4.53. The smallest absolute Gasteiger partial charge is 0.236 e. The predicted octanol–water partition coefficient (Wildman–Crippen LogP) is 3.04. The Morgan fingerprint density at radius 3 is 2.47 bits per heavy atom. The molecule has 30 heavy (non-hydrogen) atoms. The summed E-state index contributed by atoms with van der Waals surface area (Å²) in [4.78, 5) is 22.1. The van der Waals surface area contributed by atoms with Gasteiger partial charge in [0, 0.05) is 49.4 Å². The van der Waals surface area contributed by atoms with Crippen LogP contribution in [0.2, 0.25) is 0 Å². The molecular weight excluding hydrogens is 509 g/mol. The third kappa shape index (κ3) is 7.92. The van der Waals surface area contributed by atoms with Gasteiger partial charge in [0.15, 0.2) is 5.96 Å².